The molecule has 0 N–H and O–H groups in total. The second kappa shape index (κ2) is 11.0. The molecule has 196 valence electrons. The monoisotopic (exact) mass is 504 g/mol. The summed E-state index contributed by atoms with van der Waals surface area (Å²) in [7, 11) is 0. The molecule has 0 fully saturated rings. The molecule has 38 heavy (non-hydrogen) atoms. The van der Waals surface area contributed by atoms with Gasteiger partial charge in [0.05, 0.1) is 11.9 Å². The van der Waals surface area contributed by atoms with E-state index in [0.717, 1.165) is 35.9 Å². The minimum atomic E-state index is 0.395. The van der Waals surface area contributed by atoms with Crippen LogP contribution in [0, 0.1) is 0 Å². The van der Waals surface area contributed by atoms with Crippen LogP contribution in [0.1, 0.15) is 88.8 Å². The molecule has 0 bridgehead atoms. The van der Waals surface area contributed by atoms with E-state index in [9.17, 15) is 0 Å². The molecule has 0 aliphatic carbocycles. The molecule has 0 atom stereocenters. The van der Waals surface area contributed by atoms with Gasteiger partial charge < -0.3 is 9.80 Å². The van der Waals surface area contributed by atoms with Crippen molar-refractivity contribution in [3.63, 3.8) is 0 Å². The molecule has 2 heterocycles. The van der Waals surface area contributed by atoms with Crippen molar-refractivity contribution in [1.82, 2.24) is 9.97 Å². The quantitative estimate of drug-likeness (QED) is 0.239. The standard InChI is InChI=1S/C34H40N4/c1-7-25(8-2)29-17-12-13-20-31(29)38-22-37(26-15-10-9-11-16-26)33-34(38)36-30(21-35-33)32-27(23(3)4)18-14-19-28(32)24(5)6/h9-21,23-25H,7-8,22H2,1-6H3. The number of nitrogens with zero attached hydrogens (tertiary/aromatic N) is 4. The number of anilines is 4. The maximum Gasteiger partial charge on any atom is 0.179 e. The highest BCUT2D eigenvalue weighted by Crippen LogP contribution is 2.46. The zero-order valence-electron chi connectivity index (χ0n) is 23.6. The van der Waals surface area contributed by atoms with Crippen LogP contribution >= 0.6 is 0 Å². The van der Waals surface area contributed by atoms with E-state index in [4.69, 9.17) is 9.97 Å². The summed E-state index contributed by atoms with van der Waals surface area (Å²) in [6.45, 7) is 14.3. The van der Waals surface area contributed by atoms with Crippen molar-refractivity contribution >= 4 is 23.0 Å². The lowest BCUT2D eigenvalue weighted by Crippen LogP contribution is -2.25. The SMILES string of the molecule is CCC(CC)c1ccccc1N1CN(c2ccccc2)c2ncc(-c3c(C(C)C)cccc3C(C)C)nc21. The predicted octanol–water partition coefficient (Wildman–Crippen LogP) is 9.54. The Labute approximate surface area is 228 Å². The summed E-state index contributed by atoms with van der Waals surface area (Å²) in [5.41, 5.74) is 8.59. The topological polar surface area (TPSA) is 32.3 Å². The highest BCUT2D eigenvalue weighted by atomic mass is 15.4. The van der Waals surface area contributed by atoms with Gasteiger partial charge in [0.15, 0.2) is 11.6 Å². The summed E-state index contributed by atoms with van der Waals surface area (Å²) < 4.78 is 0. The van der Waals surface area contributed by atoms with Gasteiger partial charge in [-0.25, -0.2) is 9.97 Å². The van der Waals surface area contributed by atoms with Gasteiger partial charge in [-0.1, -0.05) is 96.1 Å². The third-order valence-electron chi connectivity index (χ3n) is 7.88. The van der Waals surface area contributed by atoms with Crippen LogP contribution in [-0.4, -0.2) is 16.6 Å². The Hall–Kier alpha value is -3.66. The molecule has 5 rings (SSSR count). The van der Waals surface area contributed by atoms with Gasteiger partial charge in [0.2, 0.25) is 0 Å². The maximum atomic E-state index is 5.42. The summed E-state index contributed by atoms with van der Waals surface area (Å²) >= 11 is 0. The first-order chi connectivity index (χ1) is 18.4. The molecule has 1 aromatic heterocycles. The van der Waals surface area contributed by atoms with Crippen LogP contribution in [-0.2, 0) is 0 Å². The van der Waals surface area contributed by atoms with Crippen molar-refractivity contribution in [1.29, 1.82) is 0 Å². The van der Waals surface area contributed by atoms with Crippen LogP contribution in [0.4, 0.5) is 23.0 Å². The summed E-state index contributed by atoms with van der Waals surface area (Å²) in [5.74, 6) is 3.13. The highest BCUT2D eigenvalue weighted by Gasteiger charge is 2.33. The van der Waals surface area contributed by atoms with E-state index in [1.807, 2.05) is 6.20 Å². The smallest absolute Gasteiger partial charge is 0.179 e. The molecule has 4 aromatic rings. The number of rotatable bonds is 8. The first kappa shape index (κ1) is 26.0. The molecule has 4 nitrogen and oxygen atoms in total. The van der Waals surface area contributed by atoms with Crippen LogP contribution in [0.3, 0.4) is 0 Å². The molecule has 0 radical (unpaired) electrons. The Morgan fingerprint density at radius 3 is 1.92 bits per heavy atom. The van der Waals surface area contributed by atoms with Gasteiger partial charge in [-0.3, -0.25) is 0 Å². The van der Waals surface area contributed by atoms with E-state index < -0.39 is 0 Å². The fourth-order valence-corrected chi connectivity index (χ4v) is 5.80. The van der Waals surface area contributed by atoms with Crippen LogP contribution < -0.4 is 9.80 Å². The molecular formula is C34H40N4. The van der Waals surface area contributed by atoms with Crippen LogP contribution in [0.5, 0.6) is 0 Å². The molecule has 0 saturated heterocycles. The van der Waals surface area contributed by atoms with Gasteiger partial charge in [0, 0.05) is 16.9 Å². The van der Waals surface area contributed by atoms with E-state index in [-0.39, 0.29) is 0 Å². The van der Waals surface area contributed by atoms with Gasteiger partial charge in [-0.15, -0.1) is 0 Å². The average molecular weight is 505 g/mol. The molecule has 0 spiro atoms. The Balaban J connectivity index is 1.72. The molecule has 0 unspecified atom stereocenters. The lowest BCUT2D eigenvalue weighted by atomic mass is 9.87. The second-order valence-electron chi connectivity index (χ2n) is 10.9. The predicted molar refractivity (Wildman–Crippen MR) is 161 cm³/mol. The van der Waals surface area contributed by atoms with E-state index >= 15 is 0 Å². The summed E-state index contributed by atoms with van der Waals surface area (Å²) in [6, 6.07) is 26.1. The minimum Gasteiger partial charge on any atom is -0.305 e. The van der Waals surface area contributed by atoms with Crippen molar-refractivity contribution in [3.8, 4) is 11.3 Å². The number of para-hydroxylation sites is 2. The number of benzene rings is 3. The molecule has 3 aromatic carbocycles. The Morgan fingerprint density at radius 2 is 1.29 bits per heavy atom. The van der Waals surface area contributed by atoms with Gasteiger partial charge in [0.25, 0.3) is 0 Å². The molecular weight excluding hydrogens is 464 g/mol. The lowest BCUT2D eigenvalue weighted by Gasteiger charge is -2.26. The number of fused-ring (bicyclic) bond motifs is 1. The van der Waals surface area contributed by atoms with Gasteiger partial charge in [-0.05, 0) is 65.5 Å². The fraction of sp³-hybridized carbons (Fsp3) is 0.353. The molecule has 1 aliphatic heterocycles. The maximum absolute atomic E-state index is 5.42. The Kier molecular flexibility index (Phi) is 7.51. The number of aromatic nitrogens is 2. The lowest BCUT2D eigenvalue weighted by molar-refractivity contribution is 0.641. The summed E-state index contributed by atoms with van der Waals surface area (Å²) in [4.78, 5) is 15.2. The van der Waals surface area contributed by atoms with E-state index in [2.05, 4.69) is 124 Å². The second-order valence-corrected chi connectivity index (χ2v) is 10.9. The number of hydrogen-bond acceptors (Lipinski definition) is 4. The van der Waals surface area contributed by atoms with Gasteiger partial charge >= 0.3 is 0 Å². The van der Waals surface area contributed by atoms with E-state index in [1.54, 1.807) is 0 Å². The van der Waals surface area contributed by atoms with Crippen molar-refractivity contribution in [3.05, 3.63) is 95.7 Å². The first-order valence-corrected chi connectivity index (χ1v) is 14.1. The third kappa shape index (κ3) is 4.69. The van der Waals surface area contributed by atoms with Crippen molar-refractivity contribution in [2.24, 2.45) is 0 Å². The molecule has 4 heteroatoms. The molecule has 1 aliphatic rings. The zero-order chi connectivity index (χ0) is 26.8. The van der Waals surface area contributed by atoms with Gasteiger partial charge in [-0.2, -0.15) is 0 Å². The van der Waals surface area contributed by atoms with E-state index in [0.29, 0.717) is 24.4 Å². The minimum absolute atomic E-state index is 0.395. The molecule has 0 saturated carbocycles. The van der Waals surface area contributed by atoms with Crippen molar-refractivity contribution < 1.29 is 0 Å². The van der Waals surface area contributed by atoms with Crippen molar-refractivity contribution in [2.75, 3.05) is 16.5 Å². The molecule has 0 amide bonds. The zero-order valence-corrected chi connectivity index (χ0v) is 23.6. The summed E-state index contributed by atoms with van der Waals surface area (Å²) in [5, 5.41) is 0. The third-order valence-corrected chi connectivity index (χ3v) is 7.88. The Morgan fingerprint density at radius 1 is 0.684 bits per heavy atom. The summed E-state index contributed by atoms with van der Waals surface area (Å²) in [6.07, 6.45) is 4.21. The fourth-order valence-electron chi connectivity index (χ4n) is 5.80. The first-order valence-electron chi connectivity index (χ1n) is 14.1. The average Bonchev–Trinajstić information content (AvgIpc) is 3.32. The van der Waals surface area contributed by atoms with Crippen LogP contribution in [0.15, 0.2) is 79.0 Å². The highest BCUT2D eigenvalue weighted by molar-refractivity contribution is 5.85. The van der Waals surface area contributed by atoms with Crippen molar-refractivity contribution in [2.45, 2.75) is 72.1 Å². The normalized spacial score (nSPS) is 13.2. The largest absolute Gasteiger partial charge is 0.305 e. The van der Waals surface area contributed by atoms with Crippen LogP contribution in [0.2, 0.25) is 0 Å². The Bertz CT molecular complexity index is 1360. The van der Waals surface area contributed by atoms with Crippen LogP contribution in [0.25, 0.3) is 11.3 Å². The number of hydrogen-bond donors (Lipinski definition) is 0. The van der Waals surface area contributed by atoms with E-state index in [1.165, 1.54) is 27.9 Å². The van der Waals surface area contributed by atoms with Gasteiger partial charge in [0.1, 0.15) is 6.67 Å².